The van der Waals surface area contributed by atoms with E-state index in [1.807, 2.05) is 18.2 Å². The number of benzene rings is 1. The third-order valence-electron chi connectivity index (χ3n) is 6.02. The number of fused-ring (bicyclic) bond motifs is 3. The third kappa shape index (κ3) is 4.18. The normalized spacial score (nSPS) is 27.1. The Hall–Kier alpha value is -2.08. The molecule has 3 aliphatic carbocycles. The maximum absolute atomic E-state index is 12.4. The van der Waals surface area contributed by atoms with Gasteiger partial charge in [0.05, 0.1) is 5.60 Å². The van der Waals surface area contributed by atoms with E-state index in [0.29, 0.717) is 18.5 Å². The number of nitrogens with one attached hydrogen (secondary N) is 3. The van der Waals surface area contributed by atoms with Crippen molar-refractivity contribution < 1.29 is 9.90 Å². The molecular formula is C20H29N4O2. The topological polar surface area (TPSA) is 111 Å². The Labute approximate surface area is 155 Å². The lowest BCUT2D eigenvalue weighted by Crippen LogP contribution is -2.48. The molecule has 6 N–H and O–H groups in total. The van der Waals surface area contributed by atoms with Crippen molar-refractivity contribution in [1.82, 2.24) is 10.6 Å². The number of unbranched alkanes of at least 4 members (excludes halogenated alkanes) is 1. The predicted molar refractivity (Wildman–Crippen MR) is 102 cm³/mol. The molecule has 0 atom stereocenters. The van der Waals surface area contributed by atoms with Gasteiger partial charge in [-0.1, -0.05) is 12.1 Å². The van der Waals surface area contributed by atoms with Crippen LogP contribution < -0.4 is 16.4 Å². The van der Waals surface area contributed by atoms with E-state index in [0.717, 1.165) is 44.9 Å². The minimum atomic E-state index is -0.442. The first-order valence-corrected chi connectivity index (χ1v) is 9.46. The quantitative estimate of drug-likeness (QED) is 0.292. The lowest BCUT2D eigenvalue weighted by molar-refractivity contribution is -0.0660. The average Bonchev–Trinajstić information content (AvgIpc) is 2.65. The summed E-state index contributed by atoms with van der Waals surface area (Å²) in [6.45, 7) is 2.38. The highest BCUT2D eigenvalue weighted by molar-refractivity contribution is 5.94. The fourth-order valence-electron chi connectivity index (χ4n) is 4.26. The van der Waals surface area contributed by atoms with E-state index in [-0.39, 0.29) is 17.3 Å². The van der Waals surface area contributed by atoms with Gasteiger partial charge in [-0.3, -0.25) is 10.2 Å². The highest BCUT2D eigenvalue weighted by Gasteiger charge is 2.48. The van der Waals surface area contributed by atoms with Gasteiger partial charge in [0.15, 0.2) is 5.96 Å². The van der Waals surface area contributed by atoms with Crippen LogP contribution in [0, 0.1) is 12.0 Å². The summed E-state index contributed by atoms with van der Waals surface area (Å²) in [5, 5.41) is 23.1. The smallest absolute Gasteiger partial charge is 0.251 e. The number of hydrogen-bond acceptors (Lipinski definition) is 3. The summed E-state index contributed by atoms with van der Waals surface area (Å²) < 4.78 is 0. The van der Waals surface area contributed by atoms with Gasteiger partial charge in [-0.15, -0.1) is 0 Å². The van der Waals surface area contributed by atoms with E-state index in [4.69, 9.17) is 11.1 Å². The van der Waals surface area contributed by atoms with E-state index in [1.54, 1.807) is 6.54 Å². The number of nitrogens with two attached hydrogens (primary N) is 1. The van der Waals surface area contributed by atoms with Crippen LogP contribution in [-0.4, -0.2) is 29.1 Å². The second-order valence-corrected chi connectivity index (χ2v) is 7.75. The molecule has 2 bridgehead atoms. The van der Waals surface area contributed by atoms with E-state index >= 15 is 0 Å². The number of carbonyl (C=O) groups excluding carboxylic acids is 1. The van der Waals surface area contributed by atoms with Crippen molar-refractivity contribution in [3.05, 3.63) is 41.9 Å². The zero-order valence-corrected chi connectivity index (χ0v) is 15.2. The Morgan fingerprint density at radius 3 is 2.58 bits per heavy atom. The Bertz CT molecular complexity index is 649. The van der Waals surface area contributed by atoms with Crippen molar-refractivity contribution in [2.45, 2.75) is 62.4 Å². The molecule has 3 saturated carbocycles. The Kier molecular flexibility index (Phi) is 5.51. The first kappa shape index (κ1) is 18.7. The highest BCUT2D eigenvalue weighted by atomic mass is 16.3. The predicted octanol–water partition coefficient (Wildman–Crippen LogP) is 2.18. The molecular weight excluding hydrogens is 328 g/mol. The number of amides is 1. The van der Waals surface area contributed by atoms with Gasteiger partial charge in [-0.25, -0.2) is 0 Å². The summed E-state index contributed by atoms with van der Waals surface area (Å²) in [6.07, 6.45) is 7.13. The first-order valence-electron chi connectivity index (χ1n) is 9.46. The molecule has 0 aliphatic heterocycles. The van der Waals surface area contributed by atoms with E-state index in [1.165, 1.54) is 5.56 Å². The summed E-state index contributed by atoms with van der Waals surface area (Å²) in [7, 11) is 0. The standard InChI is InChI=1S/C20H29N4O2/c21-18(22)24-13-2-1-12-23-17(25)15-4-3-5-16(14-15)19-6-9-20(26,10-7-19)11-8-19/h3-5,12,14,26H,1-2,6-11,13H2,(H,23,25)(H4,21,22,24). The maximum Gasteiger partial charge on any atom is 0.251 e. The molecule has 0 heterocycles. The van der Waals surface area contributed by atoms with Gasteiger partial charge >= 0.3 is 0 Å². The zero-order chi connectivity index (χ0) is 18.6. The van der Waals surface area contributed by atoms with Crippen LogP contribution in [0.25, 0.3) is 0 Å². The fraction of sp³-hybridized carbons (Fsp3) is 0.550. The minimum Gasteiger partial charge on any atom is -0.390 e. The molecule has 0 spiro atoms. The molecule has 141 valence electrons. The molecule has 1 aromatic carbocycles. The lowest BCUT2D eigenvalue weighted by atomic mass is 9.56. The maximum atomic E-state index is 12.4. The van der Waals surface area contributed by atoms with Crippen LogP contribution in [0.4, 0.5) is 0 Å². The highest BCUT2D eigenvalue weighted by Crippen LogP contribution is 2.53. The van der Waals surface area contributed by atoms with Gasteiger partial charge < -0.3 is 21.5 Å². The van der Waals surface area contributed by atoms with Crippen LogP contribution >= 0.6 is 0 Å². The second-order valence-electron chi connectivity index (χ2n) is 7.75. The SMILES string of the molecule is N=C(N)NCCC[CH]NC(=O)c1cccc(C23CCC(O)(CC2)CC3)c1. The van der Waals surface area contributed by atoms with Crippen molar-refractivity contribution in [2.24, 2.45) is 5.73 Å². The molecule has 3 fully saturated rings. The summed E-state index contributed by atoms with van der Waals surface area (Å²) in [4.78, 5) is 12.4. The van der Waals surface area contributed by atoms with Crippen LogP contribution in [0.3, 0.4) is 0 Å². The van der Waals surface area contributed by atoms with Gasteiger partial charge in [-0.2, -0.15) is 0 Å². The fourth-order valence-corrected chi connectivity index (χ4v) is 4.26. The van der Waals surface area contributed by atoms with E-state index in [9.17, 15) is 9.90 Å². The monoisotopic (exact) mass is 357 g/mol. The number of aliphatic hydroxyl groups is 1. The van der Waals surface area contributed by atoms with Gasteiger partial charge in [0.25, 0.3) is 5.91 Å². The molecule has 6 heteroatoms. The molecule has 1 amide bonds. The van der Waals surface area contributed by atoms with E-state index in [2.05, 4.69) is 16.7 Å². The van der Waals surface area contributed by atoms with Crippen molar-refractivity contribution in [3.8, 4) is 0 Å². The Balaban J connectivity index is 1.54. The average molecular weight is 357 g/mol. The molecule has 1 aromatic rings. The number of guanidine groups is 1. The largest absolute Gasteiger partial charge is 0.390 e. The molecule has 6 nitrogen and oxygen atoms in total. The number of rotatable bonds is 7. The second kappa shape index (κ2) is 7.66. The molecule has 26 heavy (non-hydrogen) atoms. The lowest BCUT2D eigenvalue weighted by Gasteiger charge is -2.51. The molecule has 4 rings (SSSR count). The van der Waals surface area contributed by atoms with Crippen LogP contribution in [0.1, 0.15) is 67.3 Å². The van der Waals surface area contributed by atoms with Crippen LogP contribution in [0.15, 0.2) is 24.3 Å². The molecule has 3 aliphatic rings. The van der Waals surface area contributed by atoms with Gasteiger partial charge in [0, 0.05) is 18.7 Å². The van der Waals surface area contributed by atoms with Crippen LogP contribution in [0.5, 0.6) is 0 Å². The summed E-state index contributed by atoms with van der Waals surface area (Å²) in [6, 6.07) is 7.97. The van der Waals surface area contributed by atoms with Crippen LogP contribution in [0.2, 0.25) is 0 Å². The van der Waals surface area contributed by atoms with E-state index < -0.39 is 5.60 Å². The van der Waals surface area contributed by atoms with Gasteiger partial charge in [-0.05, 0) is 74.5 Å². The number of carbonyl (C=O) groups is 1. The summed E-state index contributed by atoms with van der Waals surface area (Å²) in [5.74, 6) is -0.125. The Morgan fingerprint density at radius 1 is 1.23 bits per heavy atom. The van der Waals surface area contributed by atoms with Crippen molar-refractivity contribution in [3.63, 3.8) is 0 Å². The van der Waals surface area contributed by atoms with Crippen molar-refractivity contribution >= 4 is 11.9 Å². The van der Waals surface area contributed by atoms with Crippen molar-refractivity contribution in [2.75, 3.05) is 6.54 Å². The van der Waals surface area contributed by atoms with Crippen LogP contribution in [-0.2, 0) is 5.41 Å². The molecule has 0 saturated heterocycles. The summed E-state index contributed by atoms with van der Waals surface area (Å²) in [5.41, 5.74) is 6.82. The van der Waals surface area contributed by atoms with Gasteiger partial charge in [0.1, 0.15) is 0 Å². The number of hydrogen-bond donors (Lipinski definition) is 5. The molecule has 0 unspecified atom stereocenters. The zero-order valence-electron chi connectivity index (χ0n) is 15.2. The molecule has 1 radical (unpaired) electrons. The minimum absolute atomic E-state index is 0.0332. The van der Waals surface area contributed by atoms with Crippen molar-refractivity contribution in [1.29, 1.82) is 5.41 Å². The first-order chi connectivity index (χ1) is 12.4. The third-order valence-corrected chi connectivity index (χ3v) is 6.02. The van der Waals surface area contributed by atoms with Gasteiger partial charge in [0.2, 0.25) is 0 Å². The summed E-state index contributed by atoms with van der Waals surface area (Å²) >= 11 is 0. The molecule has 0 aromatic heterocycles. The Morgan fingerprint density at radius 2 is 1.92 bits per heavy atom.